The van der Waals surface area contributed by atoms with Crippen LogP contribution in [-0.2, 0) is 0 Å². The van der Waals surface area contributed by atoms with Gasteiger partial charge in [-0.2, -0.15) is 0 Å². The van der Waals surface area contributed by atoms with Gasteiger partial charge in [0.15, 0.2) is 5.11 Å². The van der Waals surface area contributed by atoms with Crippen LogP contribution in [0.5, 0.6) is 0 Å². The van der Waals surface area contributed by atoms with Crippen LogP contribution in [0.15, 0.2) is 0 Å². The van der Waals surface area contributed by atoms with Gasteiger partial charge in [-0.05, 0) is 45.8 Å². The lowest BCUT2D eigenvalue weighted by atomic mass is 9.96. The van der Waals surface area contributed by atoms with Crippen molar-refractivity contribution in [1.29, 1.82) is 0 Å². The van der Waals surface area contributed by atoms with Crippen molar-refractivity contribution in [2.45, 2.75) is 65.0 Å². The fourth-order valence-electron chi connectivity index (χ4n) is 2.68. The van der Waals surface area contributed by atoms with E-state index in [1.807, 2.05) is 6.92 Å². The van der Waals surface area contributed by atoms with Crippen LogP contribution in [0.3, 0.4) is 0 Å². The molecule has 1 aliphatic rings. The summed E-state index contributed by atoms with van der Waals surface area (Å²) in [5, 5.41) is 8.74. The summed E-state index contributed by atoms with van der Waals surface area (Å²) < 4.78 is 0. The van der Waals surface area contributed by atoms with Gasteiger partial charge in [0.05, 0.1) is 16.7 Å². The van der Waals surface area contributed by atoms with Crippen LogP contribution < -0.4 is 10.6 Å². The van der Waals surface area contributed by atoms with Gasteiger partial charge in [-0.25, -0.2) is 4.98 Å². The molecule has 5 heteroatoms. The van der Waals surface area contributed by atoms with E-state index >= 15 is 0 Å². The molecule has 19 heavy (non-hydrogen) atoms. The first-order valence-corrected chi connectivity index (χ1v) is 8.29. The van der Waals surface area contributed by atoms with E-state index in [1.165, 1.54) is 37.0 Å². The summed E-state index contributed by atoms with van der Waals surface area (Å²) in [4.78, 5) is 5.75. The smallest absolute Gasteiger partial charge is 0.167 e. The zero-order valence-electron chi connectivity index (χ0n) is 12.0. The third-order valence-electron chi connectivity index (χ3n) is 3.62. The molecule has 0 bridgehead atoms. The standard InChI is InChI=1S/C14H23N3S2/c1-9-13(19-11(3)15-9)10(2)16-14(18)17-12-7-5-4-6-8-12/h10,12H,4-8H2,1-3H3,(H2,16,17,18). The predicted molar refractivity (Wildman–Crippen MR) is 85.7 cm³/mol. The first-order chi connectivity index (χ1) is 9.06. The maximum Gasteiger partial charge on any atom is 0.167 e. The molecule has 0 spiro atoms. The van der Waals surface area contributed by atoms with Gasteiger partial charge in [0.1, 0.15) is 0 Å². The molecule has 2 N–H and O–H groups in total. The third-order valence-corrected chi connectivity index (χ3v) is 5.11. The molecule has 0 radical (unpaired) electrons. The molecule has 0 saturated heterocycles. The van der Waals surface area contributed by atoms with Gasteiger partial charge >= 0.3 is 0 Å². The molecule has 1 unspecified atom stereocenters. The number of nitrogens with one attached hydrogen (secondary N) is 2. The number of thiocarbonyl (C=S) groups is 1. The molecule has 1 aromatic rings. The summed E-state index contributed by atoms with van der Waals surface area (Å²) in [5.41, 5.74) is 1.11. The number of nitrogens with zero attached hydrogens (tertiary/aromatic N) is 1. The van der Waals surface area contributed by atoms with Crippen molar-refractivity contribution in [3.8, 4) is 0 Å². The Labute approximate surface area is 125 Å². The molecule has 1 atom stereocenters. The van der Waals surface area contributed by atoms with Gasteiger partial charge in [-0.1, -0.05) is 19.3 Å². The Hall–Kier alpha value is -0.680. The van der Waals surface area contributed by atoms with Gasteiger partial charge in [-0.15, -0.1) is 11.3 Å². The number of hydrogen-bond acceptors (Lipinski definition) is 3. The predicted octanol–water partition coefficient (Wildman–Crippen LogP) is 3.62. The second kappa shape index (κ2) is 6.66. The highest BCUT2D eigenvalue weighted by atomic mass is 32.1. The molecule has 3 nitrogen and oxygen atoms in total. The highest BCUT2D eigenvalue weighted by molar-refractivity contribution is 7.80. The van der Waals surface area contributed by atoms with Gasteiger partial charge in [-0.3, -0.25) is 0 Å². The van der Waals surface area contributed by atoms with Gasteiger partial charge in [0.2, 0.25) is 0 Å². The van der Waals surface area contributed by atoms with Crippen LogP contribution in [-0.4, -0.2) is 16.1 Å². The Kier molecular flexibility index (Phi) is 5.16. The zero-order valence-corrected chi connectivity index (χ0v) is 13.6. The van der Waals surface area contributed by atoms with Crippen molar-refractivity contribution in [1.82, 2.24) is 15.6 Å². The SMILES string of the molecule is Cc1nc(C)c(C(C)NC(=S)NC2CCCCC2)s1. The fraction of sp³-hybridized carbons (Fsp3) is 0.714. The van der Waals surface area contributed by atoms with E-state index in [2.05, 4.69) is 29.5 Å². The summed E-state index contributed by atoms with van der Waals surface area (Å²) in [5.74, 6) is 0. The maximum absolute atomic E-state index is 5.42. The summed E-state index contributed by atoms with van der Waals surface area (Å²) in [7, 11) is 0. The van der Waals surface area contributed by atoms with Crippen molar-refractivity contribution in [2.75, 3.05) is 0 Å². The molecule has 1 fully saturated rings. The van der Waals surface area contributed by atoms with E-state index in [9.17, 15) is 0 Å². The number of aryl methyl sites for hydroxylation is 2. The summed E-state index contributed by atoms with van der Waals surface area (Å²) in [6.45, 7) is 6.26. The lowest BCUT2D eigenvalue weighted by Crippen LogP contribution is -2.43. The second-order valence-electron chi connectivity index (χ2n) is 5.36. The molecule has 106 valence electrons. The highest BCUT2D eigenvalue weighted by Gasteiger charge is 2.17. The Balaban J connectivity index is 1.86. The molecule has 1 heterocycles. The highest BCUT2D eigenvalue weighted by Crippen LogP contribution is 2.24. The molecule has 2 rings (SSSR count). The number of thiazole rings is 1. The second-order valence-corrected chi connectivity index (χ2v) is 7.00. The van der Waals surface area contributed by atoms with Crippen LogP contribution >= 0.6 is 23.6 Å². The zero-order chi connectivity index (χ0) is 13.8. The molecule has 0 aliphatic heterocycles. The van der Waals surface area contributed by atoms with Crippen molar-refractivity contribution in [3.05, 3.63) is 15.6 Å². The first kappa shape index (κ1) is 14.7. The molecule has 1 aromatic heterocycles. The minimum Gasteiger partial charge on any atom is -0.360 e. The number of aromatic nitrogens is 1. The molecule has 1 aliphatic carbocycles. The third kappa shape index (κ3) is 4.14. The average molecular weight is 297 g/mol. The van der Waals surface area contributed by atoms with Gasteiger partial charge in [0, 0.05) is 10.9 Å². The maximum atomic E-state index is 5.42. The lowest BCUT2D eigenvalue weighted by molar-refractivity contribution is 0.411. The summed E-state index contributed by atoms with van der Waals surface area (Å²) in [6.07, 6.45) is 6.50. The van der Waals surface area contributed by atoms with Crippen molar-refractivity contribution in [3.63, 3.8) is 0 Å². The monoisotopic (exact) mass is 297 g/mol. The van der Waals surface area contributed by atoms with Crippen LogP contribution in [0.1, 0.15) is 60.6 Å². The fourth-order valence-corrected chi connectivity index (χ4v) is 3.96. The van der Waals surface area contributed by atoms with Crippen LogP contribution in [0.2, 0.25) is 0 Å². The minimum atomic E-state index is 0.231. The molecule has 0 aromatic carbocycles. The Bertz CT molecular complexity index is 436. The van der Waals surface area contributed by atoms with E-state index in [0.29, 0.717) is 6.04 Å². The quantitative estimate of drug-likeness (QED) is 0.836. The topological polar surface area (TPSA) is 37.0 Å². The van der Waals surface area contributed by atoms with Crippen molar-refractivity contribution in [2.24, 2.45) is 0 Å². The van der Waals surface area contributed by atoms with E-state index in [1.54, 1.807) is 11.3 Å². The average Bonchev–Trinajstić information content (AvgIpc) is 2.69. The number of rotatable bonds is 3. The Morgan fingerprint density at radius 2 is 2.00 bits per heavy atom. The van der Waals surface area contributed by atoms with E-state index < -0.39 is 0 Å². The van der Waals surface area contributed by atoms with Crippen LogP contribution in [0.25, 0.3) is 0 Å². The van der Waals surface area contributed by atoms with Crippen molar-refractivity contribution >= 4 is 28.7 Å². The van der Waals surface area contributed by atoms with Gasteiger partial charge in [0.25, 0.3) is 0 Å². The molecule has 1 saturated carbocycles. The molecular formula is C14H23N3S2. The Morgan fingerprint density at radius 1 is 1.32 bits per heavy atom. The van der Waals surface area contributed by atoms with Crippen LogP contribution in [0.4, 0.5) is 0 Å². The first-order valence-electron chi connectivity index (χ1n) is 7.07. The summed E-state index contributed by atoms with van der Waals surface area (Å²) >= 11 is 7.17. The van der Waals surface area contributed by atoms with Crippen molar-refractivity contribution < 1.29 is 0 Å². The van der Waals surface area contributed by atoms with Gasteiger partial charge < -0.3 is 10.6 Å². The molecular weight excluding hydrogens is 274 g/mol. The minimum absolute atomic E-state index is 0.231. The normalized spacial score (nSPS) is 18.1. The van der Waals surface area contributed by atoms with E-state index in [-0.39, 0.29) is 6.04 Å². The van der Waals surface area contributed by atoms with E-state index in [0.717, 1.165) is 15.8 Å². The Morgan fingerprint density at radius 3 is 2.58 bits per heavy atom. The summed E-state index contributed by atoms with van der Waals surface area (Å²) in [6, 6.07) is 0.792. The lowest BCUT2D eigenvalue weighted by Gasteiger charge is -2.25. The van der Waals surface area contributed by atoms with Crippen LogP contribution in [0, 0.1) is 13.8 Å². The largest absolute Gasteiger partial charge is 0.360 e. The van der Waals surface area contributed by atoms with E-state index in [4.69, 9.17) is 12.2 Å². The molecule has 0 amide bonds. The number of hydrogen-bond donors (Lipinski definition) is 2.